The summed E-state index contributed by atoms with van der Waals surface area (Å²) in [6, 6.07) is 4.35. The number of aliphatic imine (C=N–C) groups is 1. The molecule has 0 saturated carbocycles. The molecular weight excluding hydrogens is 412 g/mol. The lowest BCUT2D eigenvalue weighted by molar-refractivity contribution is -0.250. The molecule has 0 aromatic heterocycles. The fourth-order valence-corrected chi connectivity index (χ4v) is 3.23. The summed E-state index contributed by atoms with van der Waals surface area (Å²) in [5.74, 6) is -0.303. The van der Waals surface area contributed by atoms with Crippen LogP contribution in [0.3, 0.4) is 0 Å². The number of Topliss-reactive ketones (excluding diaryl/α,β-unsaturated/α-hetero) is 1. The first kappa shape index (κ1) is 25.6. The number of alkyl halides is 6. The number of nitrogens with zero attached hydrogens (tertiary/aromatic N) is 1. The maximum atomic E-state index is 14.2. The van der Waals surface area contributed by atoms with Crippen molar-refractivity contribution < 1.29 is 35.9 Å². The zero-order valence-electron chi connectivity index (χ0n) is 17.3. The summed E-state index contributed by atoms with van der Waals surface area (Å²) in [6.07, 6.45) is -10.7. The number of hydrogen-bond acceptors (Lipinski definition) is 3. The number of hydrogen-bond donors (Lipinski definition) is 0. The normalized spacial score (nSPS) is 15.7. The quantitative estimate of drug-likeness (QED) is 0.294. The van der Waals surface area contributed by atoms with Crippen LogP contribution in [0, 0.1) is 6.92 Å². The lowest BCUT2D eigenvalue weighted by atomic mass is 9.81. The van der Waals surface area contributed by atoms with Crippen molar-refractivity contribution in [3.8, 4) is 0 Å². The van der Waals surface area contributed by atoms with E-state index >= 15 is 0 Å². The summed E-state index contributed by atoms with van der Waals surface area (Å²) < 4.78 is 87.4. The lowest BCUT2D eigenvalue weighted by Gasteiger charge is -2.38. The number of aryl methyl sites for hydroxylation is 1. The molecule has 9 heteroatoms. The zero-order chi connectivity index (χ0) is 23.5. The van der Waals surface area contributed by atoms with Crippen LogP contribution in [-0.2, 0) is 4.74 Å². The third-order valence-electron chi connectivity index (χ3n) is 4.76. The lowest BCUT2D eigenvalue weighted by Crippen LogP contribution is -2.52. The highest BCUT2D eigenvalue weighted by Crippen LogP contribution is 2.47. The molecule has 0 aliphatic carbocycles. The first-order valence-corrected chi connectivity index (χ1v) is 8.79. The van der Waals surface area contributed by atoms with Crippen LogP contribution < -0.4 is 0 Å². The van der Waals surface area contributed by atoms with E-state index in [0.717, 1.165) is 14.0 Å². The molecule has 166 valence electrons. The Morgan fingerprint density at radius 2 is 1.77 bits per heavy atom. The maximum absolute atomic E-state index is 14.2. The third-order valence-corrected chi connectivity index (χ3v) is 4.76. The largest absolute Gasteiger partial charge is 0.433 e. The standard InChI is InChI=1S/C21H23F6NO2/c1-7-17(18(28-5)20(22,23)24)19(30-6,21(25,26)27)11-13(3)15-9-8-12(2)16(10-15)14(4)29/h7-10H,3,11H2,1-2,4-6H3/b17-7+,28-18?. The second-order valence-electron chi connectivity index (χ2n) is 6.67. The summed E-state index contributed by atoms with van der Waals surface area (Å²) in [6.45, 7) is 7.63. The van der Waals surface area contributed by atoms with E-state index in [1.54, 1.807) is 6.92 Å². The van der Waals surface area contributed by atoms with Crippen molar-refractivity contribution in [1.82, 2.24) is 0 Å². The highest BCUT2D eigenvalue weighted by molar-refractivity contribution is 6.06. The fraction of sp³-hybridized carbons (Fsp3) is 0.429. The maximum Gasteiger partial charge on any atom is 0.433 e. The topological polar surface area (TPSA) is 38.7 Å². The molecule has 0 radical (unpaired) electrons. The number of rotatable bonds is 7. The molecule has 30 heavy (non-hydrogen) atoms. The summed E-state index contributed by atoms with van der Waals surface area (Å²) in [7, 11) is 1.45. The molecule has 1 atom stereocenters. The Morgan fingerprint density at radius 1 is 1.20 bits per heavy atom. The van der Waals surface area contributed by atoms with Crippen molar-refractivity contribution in [1.29, 1.82) is 0 Å². The summed E-state index contributed by atoms with van der Waals surface area (Å²) in [5.41, 5.74) is -5.26. The highest BCUT2D eigenvalue weighted by atomic mass is 19.4. The van der Waals surface area contributed by atoms with Crippen LogP contribution in [0.25, 0.3) is 5.57 Å². The average molecular weight is 435 g/mol. The molecule has 0 heterocycles. The fourth-order valence-electron chi connectivity index (χ4n) is 3.23. The second kappa shape index (κ2) is 9.16. The molecule has 0 spiro atoms. The van der Waals surface area contributed by atoms with Crippen molar-refractivity contribution in [3.05, 3.63) is 53.1 Å². The van der Waals surface area contributed by atoms with Gasteiger partial charge in [0.05, 0.1) is 0 Å². The molecule has 1 aromatic rings. The van der Waals surface area contributed by atoms with Crippen LogP contribution in [-0.4, -0.2) is 43.6 Å². The number of benzene rings is 1. The Morgan fingerprint density at radius 3 is 2.13 bits per heavy atom. The summed E-state index contributed by atoms with van der Waals surface area (Å²) in [5, 5.41) is 0. The number of ketones is 1. The number of allylic oxidation sites excluding steroid dienone is 1. The van der Waals surface area contributed by atoms with Crippen LogP contribution in [0.1, 0.15) is 41.8 Å². The molecule has 0 bridgehead atoms. The van der Waals surface area contributed by atoms with Crippen molar-refractivity contribution in [3.63, 3.8) is 0 Å². The molecule has 0 aliphatic heterocycles. The molecule has 3 nitrogen and oxygen atoms in total. The third kappa shape index (κ3) is 5.00. The van der Waals surface area contributed by atoms with Gasteiger partial charge in [-0.1, -0.05) is 24.8 Å². The van der Waals surface area contributed by atoms with Gasteiger partial charge in [-0.2, -0.15) is 26.3 Å². The van der Waals surface area contributed by atoms with Gasteiger partial charge in [0.25, 0.3) is 0 Å². The van der Waals surface area contributed by atoms with Gasteiger partial charge >= 0.3 is 12.4 Å². The molecule has 1 unspecified atom stereocenters. The van der Waals surface area contributed by atoms with Crippen LogP contribution in [0.4, 0.5) is 26.3 Å². The van der Waals surface area contributed by atoms with E-state index in [0.29, 0.717) is 18.7 Å². The molecule has 0 saturated heterocycles. The predicted molar refractivity (Wildman–Crippen MR) is 104 cm³/mol. The van der Waals surface area contributed by atoms with E-state index in [1.165, 1.54) is 25.1 Å². The zero-order valence-corrected chi connectivity index (χ0v) is 17.3. The van der Waals surface area contributed by atoms with Crippen molar-refractivity contribution in [2.75, 3.05) is 14.2 Å². The Bertz CT molecular complexity index is 880. The van der Waals surface area contributed by atoms with Gasteiger partial charge in [0.1, 0.15) is 5.71 Å². The van der Waals surface area contributed by atoms with Crippen molar-refractivity contribution in [2.24, 2.45) is 4.99 Å². The number of ether oxygens (including phenoxy) is 1. The minimum atomic E-state index is -5.22. The number of methoxy groups -OCH3 is 1. The van der Waals surface area contributed by atoms with E-state index in [1.807, 2.05) is 0 Å². The van der Waals surface area contributed by atoms with E-state index < -0.39 is 35.7 Å². The number of carbonyl (C=O) groups excluding carboxylic acids is 1. The monoisotopic (exact) mass is 435 g/mol. The van der Waals surface area contributed by atoms with Gasteiger partial charge in [-0.25, -0.2) is 0 Å². The smallest absolute Gasteiger partial charge is 0.364 e. The predicted octanol–water partition coefficient (Wildman–Crippen LogP) is 6.13. The second-order valence-corrected chi connectivity index (χ2v) is 6.67. The van der Waals surface area contributed by atoms with Gasteiger partial charge in [0.15, 0.2) is 11.4 Å². The van der Waals surface area contributed by atoms with Gasteiger partial charge < -0.3 is 4.74 Å². The molecule has 0 amide bonds. The number of halogens is 6. The van der Waals surface area contributed by atoms with Crippen LogP contribution in [0.2, 0.25) is 0 Å². The Balaban J connectivity index is 3.63. The molecule has 0 fully saturated rings. The van der Waals surface area contributed by atoms with Gasteiger partial charge in [-0.3, -0.25) is 9.79 Å². The number of carbonyl (C=O) groups is 1. The van der Waals surface area contributed by atoms with Gasteiger partial charge in [0.2, 0.25) is 0 Å². The minimum absolute atomic E-state index is 0.145. The van der Waals surface area contributed by atoms with E-state index in [-0.39, 0.29) is 22.5 Å². The van der Waals surface area contributed by atoms with E-state index in [4.69, 9.17) is 4.74 Å². The van der Waals surface area contributed by atoms with Crippen LogP contribution >= 0.6 is 0 Å². The SMILES string of the molecule is C=C(CC(OC)(/C(=C/C)C(=NC)C(F)(F)F)C(F)(F)F)c1ccc(C)c(C(C)=O)c1. The first-order chi connectivity index (χ1) is 13.7. The van der Waals surface area contributed by atoms with Gasteiger partial charge in [-0.05, 0) is 43.5 Å². The minimum Gasteiger partial charge on any atom is -0.364 e. The van der Waals surface area contributed by atoms with E-state index in [9.17, 15) is 31.1 Å². The Hall–Kier alpha value is -2.42. The van der Waals surface area contributed by atoms with Crippen molar-refractivity contribution >= 4 is 17.1 Å². The molecule has 1 aromatic carbocycles. The Kier molecular flexibility index (Phi) is 7.82. The van der Waals surface area contributed by atoms with Crippen LogP contribution in [0.5, 0.6) is 0 Å². The first-order valence-electron chi connectivity index (χ1n) is 8.79. The van der Waals surface area contributed by atoms with Crippen molar-refractivity contribution in [2.45, 2.75) is 45.1 Å². The molecule has 1 rings (SSSR count). The van der Waals surface area contributed by atoms with E-state index in [2.05, 4.69) is 11.6 Å². The van der Waals surface area contributed by atoms with Gasteiger partial charge in [0, 0.05) is 31.7 Å². The molecule has 0 N–H and O–H groups in total. The molecular formula is C21H23F6NO2. The Labute approximate surface area is 171 Å². The summed E-state index contributed by atoms with van der Waals surface area (Å²) >= 11 is 0. The highest BCUT2D eigenvalue weighted by Gasteiger charge is 2.61. The van der Waals surface area contributed by atoms with Gasteiger partial charge in [-0.15, -0.1) is 0 Å². The molecule has 0 aliphatic rings. The summed E-state index contributed by atoms with van der Waals surface area (Å²) in [4.78, 5) is 14.8. The average Bonchev–Trinajstić information content (AvgIpc) is 2.62. The van der Waals surface area contributed by atoms with Crippen LogP contribution in [0.15, 0.2) is 41.4 Å².